The summed E-state index contributed by atoms with van der Waals surface area (Å²) < 4.78 is 11.5. The normalized spacial score (nSPS) is 20.9. The average molecular weight is 317 g/mol. The van der Waals surface area contributed by atoms with Gasteiger partial charge in [0.2, 0.25) is 0 Å². The Bertz CT molecular complexity index is 603. The molecule has 3 rings (SSSR count). The van der Waals surface area contributed by atoms with E-state index in [9.17, 15) is 4.79 Å². The summed E-state index contributed by atoms with van der Waals surface area (Å²) in [4.78, 5) is 14.1. The van der Waals surface area contributed by atoms with Gasteiger partial charge in [-0.1, -0.05) is 6.07 Å². The van der Waals surface area contributed by atoms with Gasteiger partial charge in [-0.25, -0.2) is 4.79 Å². The first-order valence-corrected chi connectivity index (χ1v) is 8.61. The Morgan fingerprint density at radius 1 is 1.13 bits per heavy atom. The lowest BCUT2D eigenvalue weighted by Gasteiger charge is -2.26. The molecular weight excluding hydrogens is 290 g/mol. The Kier molecular flexibility index (Phi) is 4.26. The van der Waals surface area contributed by atoms with Crippen LogP contribution >= 0.6 is 0 Å². The fourth-order valence-corrected chi connectivity index (χ4v) is 3.25. The zero-order valence-corrected chi connectivity index (χ0v) is 14.6. The topological polar surface area (TPSA) is 38.8 Å². The number of ether oxygens (including phenoxy) is 2. The fraction of sp³-hybridized carbons (Fsp3) is 0.632. The lowest BCUT2D eigenvalue weighted by molar-refractivity contribution is 0.0258. The molecule has 126 valence electrons. The van der Waals surface area contributed by atoms with Crippen molar-refractivity contribution in [1.82, 2.24) is 4.90 Å². The first-order chi connectivity index (χ1) is 10.8. The predicted molar refractivity (Wildman–Crippen MR) is 90.1 cm³/mol. The van der Waals surface area contributed by atoms with E-state index in [-0.39, 0.29) is 6.09 Å². The van der Waals surface area contributed by atoms with Crippen molar-refractivity contribution in [3.8, 4) is 5.75 Å². The first-order valence-electron chi connectivity index (χ1n) is 8.61. The number of fused-ring (bicyclic) bond motifs is 2. The van der Waals surface area contributed by atoms with Gasteiger partial charge >= 0.3 is 6.09 Å². The minimum atomic E-state index is -0.445. The zero-order chi connectivity index (χ0) is 16.6. The van der Waals surface area contributed by atoms with Crippen LogP contribution in [0, 0.1) is 0 Å². The standard InChI is InChI=1S/C19H27NO3/c1-13-5-6-16-11-14-7-9-20(18(21)23-19(2,3)4)10-8-15(14)12-17(16)22-13/h11-13H,5-10H2,1-4H3. The van der Waals surface area contributed by atoms with E-state index in [0.29, 0.717) is 12.6 Å². The van der Waals surface area contributed by atoms with E-state index in [1.807, 2.05) is 25.7 Å². The second-order valence-corrected chi connectivity index (χ2v) is 7.66. The molecule has 1 aromatic carbocycles. The summed E-state index contributed by atoms with van der Waals surface area (Å²) in [7, 11) is 0. The van der Waals surface area contributed by atoms with Crippen molar-refractivity contribution >= 4 is 6.09 Å². The van der Waals surface area contributed by atoms with E-state index in [1.165, 1.54) is 16.7 Å². The fourth-order valence-electron chi connectivity index (χ4n) is 3.25. The molecule has 0 aliphatic carbocycles. The molecule has 1 unspecified atom stereocenters. The van der Waals surface area contributed by atoms with Crippen LogP contribution in [0.3, 0.4) is 0 Å². The highest BCUT2D eigenvalue weighted by Gasteiger charge is 2.25. The molecule has 0 fully saturated rings. The van der Waals surface area contributed by atoms with Crippen LogP contribution < -0.4 is 4.74 Å². The number of hydrogen-bond donors (Lipinski definition) is 0. The van der Waals surface area contributed by atoms with Crippen molar-refractivity contribution in [3.63, 3.8) is 0 Å². The molecule has 2 aliphatic heterocycles. The molecule has 0 saturated carbocycles. The Hall–Kier alpha value is -1.71. The number of aryl methyl sites for hydroxylation is 1. The van der Waals surface area contributed by atoms with E-state index in [4.69, 9.17) is 9.47 Å². The molecular formula is C19H27NO3. The molecule has 4 heteroatoms. The summed E-state index contributed by atoms with van der Waals surface area (Å²) in [6, 6.07) is 4.48. The van der Waals surface area contributed by atoms with Gasteiger partial charge in [0.15, 0.2) is 0 Å². The van der Waals surface area contributed by atoms with Crippen LogP contribution in [-0.4, -0.2) is 35.8 Å². The summed E-state index contributed by atoms with van der Waals surface area (Å²) in [5.74, 6) is 1.04. The molecule has 4 nitrogen and oxygen atoms in total. The maximum atomic E-state index is 12.3. The molecule has 23 heavy (non-hydrogen) atoms. The number of rotatable bonds is 0. The molecule has 2 aliphatic rings. The average Bonchev–Trinajstić information content (AvgIpc) is 2.65. The third-order valence-electron chi connectivity index (χ3n) is 4.48. The zero-order valence-electron chi connectivity index (χ0n) is 14.6. The van der Waals surface area contributed by atoms with E-state index in [0.717, 1.165) is 38.0 Å². The van der Waals surface area contributed by atoms with Gasteiger partial charge in [-0.05, 0) is 76.1 Å². The van der Waals surface area contributed by atoms with Crippen LogP contribution in [0.4, 0.5) is 4.79 Å². The van der Waals surface area contributed by atoms with Crippen molar-refractivity contribution in [2.45, 2.75) is 65.1 Å². The summed E-state index contributed by atoms with van der Waals surface area (Å²) in [5.41, 5.74) is 3.53. The van der Waals surface area contributed by atoms with E-state index in [1.54, 1.807) is 0 Å². The van der Waals surface area contributed by atoms with Gasteiger partial charge in [0.25, 0.3) is 0 Å². The predicted octanol–water partition coefficient (Wildman–Crippen LogP) is 3.74. The van der Waals surface area contributed by atoms with Crippen LogP contribution in [-0.2, 0) is 24.0 Å². The van der Waals surface area contributed by atoms with Crippen LogP contribution in [0.2, 0.25) is 0 Å². The summed E-state index contributed by atoms with van der Waals surface area (Å²) in [6.45, 7) is 9.27. The Morgan fingerprint density at radius 2 is 1.78 bits per heavy atom. The molecule has 1 aromatic rings. The van der Waals surface area contributed by atoms with Crippen molar-refractivity contribution in [2.75, 3.05) is 13.1 Å². The highest BCUT2D eigenvalue weighted by atomic mass is 16.6. The largest absolute Gasteiger partial charge is 0.490 e. The molecule has 1 amide bonds. The molecule has 1 atom stereocenters. The highest BCUT2D eigenvalue weighted by Crippen LogP contribution is 2.32. The SMILES string of the molecule is CC1CCc2cc3c(cc2O1)CCN(C(=O)OC(C)(C)C)CC3. The quantitative estimate of drug-likeness (QED) is 0.732. The minimum absolute atomic E-state index is 0.208. The van der Waals surface area contributed by atoms with Crippen LogP contribution in [0.5, 0.6) is 5.75 Å². The van der Waals surface area contributed by atoms with Crippen molar-refractivity contribution < 1.29 is 14.3 Å². The van der Waals surface area contributed by atoms with Gasteiger partial charge in [-0.3, -0.25) is 0 Å². The maximum Gasteiger partial charge on any atom is 0.410 e. The molecule has 0 aromatic heterocycles. The lowest BCUT2D eigenvalue weighted by atomic mass is 9.95. The van der Waals surface area contributed by atoms with Crippen molar-refractivity contribution in [1.29, 1.82) is 0 Å². The number of hydrogen-bond acceptors (Lipinski definition) is 3. The van der Waals surface area contributed by atoms with Crippen LogP contribution in [0.25, 0.3) is 0 Å². The Labute approximate surface area is 138 Å². The molecule has 0 bridgehead atoms. The minimum Gasteiger partial charge on any atom is -0.490 e. The Balaban J connectivity index is 1.74. The third kappa shape index (κ3) is 3.80. The van der Waals surface area contributed by atoms with Crippen molar-refractivity contribution in [2.24, 2.45) is 0 Å². The van der Waals surface area contributed by atoms with E-state index < -0.39 is 5.60 Å². The van der Waals surface area contributed by atoms with Gasteiger partial charge in [0.1, 0.15) is 11.4 Å². The summed E-state index contributed by atoms with van der Waals surface area (Å²) >= 11 is 0. The lowest BCUT2D eigenvalue weighted by Crippen LogP contribution is -2.38. The number of benzene rings is 1. The number of carbonyl (C=O) groups is 1. The van der Waals surface area contributed by atoms with Gasteiger partial charge in [-0.2, -0.15) is 0 Å². The molecule has 0 N–H and O–H groups in total. The summed E-state index contributed by atoms with van der Waals surface area (Å²) in [5, 5.41) is 0. The highest BCUT2D eigenvalue weighted by molar-refractivity contribution is 5.68. The molecule has 0 saturated heterocycles. The van der Waals surface area contributed by atoms with E-state index >= 15 is 0 Å². The second kappa shape index (κ2) is 6.06. The molecule has 2 heterocycles. The van der Waals surface area contributed by atoms with Crippen molar-refractivity contribution in [3.05, 3.63) is 28.8 Å². The van der Waals surface area contributed by atoms with Crippen LogP contribution in [0.15, 0.2) is 12.1 Å². The first kappa shape index (κ1) is 16.2. The molecule has 0 spiro atoms. The maximum absolute atomic E-state index is 12.3. The Morgan fingerprint density at radius 3 is 2.43 bits per heavy atom. The van der Waals surface area contributed by atoms with Gasteiger partial charge in [0, 0.05) is 13.1 Å². The second-order valence-electron chi connectivity index (χ2n) is 7.66. The number of carbonyl (C=O) groups excluding carboxylic acids is 1. The third-order valence-corrected chi connectivity index (χ3v) is 4.48. The van der Waals surface area contributed by atoms with Gasteiger partial charge < -0.3 is 14.4 Å². The van der Waals surface area contributed by atoms with Gasteiger partial charge in [-0.15, -0.1) is 0 Å². The number of amides is 1. The van der Waals surface area contributed by atoms with E-state index in [2.05, 4.69) is 19.1 Å². The smallest absolute Gasteiger partial charge is 0.410 e. The monoisotopic (exact) mass is 317 g/mol. The summed E-state index contributed by atoms with van der Waals surface area (Å²) in [6.07, 6.45) is 4.00. The van der Waals surface area contributed by atoms with Crippen LogP contribution in [0.1, 0.15) is 50.8 Å². The van der Waals surface area contributed by atoms with Gasteiger partial charge in [0.05, 0.1) is 6.10 Å². The molecule has 0 radical (unpaired) electrons. The number of nitrogens with zero attached hydrogens (tertiary/aromatic N) is 1.